The van der Waals surface area contributed by atoms with Gasteiger partial charge in [0.2, 0.25) is 0 Å². The minimum absolute atomic E-state index is 0.302. The molecule has 1 unspecified atom stereocenters. The molecular weight excluding hydrogens is 320 g/mol. The third-order valence-corrected chi connectivity index (χ3v) is 5.48. The zero-order valence-corrected chi connectivity index (χ0v) is 15.0. The molecule has 0 bridgehead atoms. The van der Waals surface area contributed by atoms with Crippen LogP contribution in [0.3, 0.4) is 0 Å². The number of carbonyl (C=O) groups is 1. The van der Waals surface area contributed by atoms with Crippen LogP contribution in [0.25, 0.3) is 0 Å². The number of hydrogen-bond acceptors (Lipinski definition) is 5. The van der Waals surface area contributed by atoms with Gasteiger partial charge in [0.05, 0.1) is 11.6 Å². The molecule has 6 heteroatoms. The van der Waals surface area contributed by atoms with Crippen LogP contribution in [0, 0.1) is 13.8 Å². The van der Waals surface area contributed by atoms with Crippen molar-refractivity contribution >= 4 is 23.1 Å². The highest BCUT2D eigenvalue weighted by atomic mass is 32.1. The van der Waals surface area contributed by atoms with E-state index in [1.165, 1.54) is 17.7 Å². The minimum Gasteiger partial charge on any atom is -0.367 e. The Hall–Kier alpha value is -1.92. The molecule has 1 saturated heterocycles. The third-order valence-electron chi connectivity index (χ3n) is 4.51. The number of thiophene rings is 1. The average molecular weight is 344 g/mol. The lowest BCUT2D eigenvalue weighted by Crippen LogP contribution is -2.31. The van der Waals surface area contributed by atoms with Gasteiger partial charge in [-0.05, 0) is 62.9 Å². The normalized spacial score (nSPS) is 16.2. The van der Waals surface area contributed by atoms with Gasteiger partial charge >= 0.3 is 0 Å². The van der Waals surface area contributed by atoms with E-state index in [1.54, 1.807) is 11.3 Å². The molecule has 3 N–H and O–H groups in total. The second-order valence-corrected chi connectivity index (χ2v) is 7.30. The summed E-state index contributed by atoms with van der Waals surface area (Å²) >= 11 is 1.78. The van der Waals surface area contributed by atoms with Crippen molar-refractivity contribution in [2.45, 2.75) is 32.7 Å². The number of hydrogen-bond donors (Lipinski definition) is 2. The summed E-state index contributed by atoms with van der Waals surface area (Å²) in [4.78, 5) is 20.2. The van der Waals surface area contributed by atoms with Crippen molar-refractivity contribution in [3.05, 3.63) is 45.3 Å². The molecule has 1 fully saturated rings. The molecule has 24 heavy (non-hydrogen) atoms. The zero-order valence-electron chi connectivity index (χ0n) is 14.2. The number of nitrogens with one attached hydrogen (secondary N) is 1. The summed E-state index contributed by atoms with van der Waals surface area (Å²) in [5, 5.41) is 5.51. The van der Waals surface area contributed by atoms with Gasteiger partial charge in [-0.1, -0.05) is 6.07 Å². The first-order valence-electron chi connectivity index (χ1n) is 8.35. The number of anilines is 1. The minimum atomic E-state index is -0.434. The summed E-state index contributed by atoms with van der Waals surface area (Å²) in [7, 11) is 0. The number of primary amides is 1. The summed E-state index contributed by atoms with van der Waals surface area (Å²) in [5.74, 6) is 0.164. The molecule has 3 heterocycles. The van der Waals surface area contributed by atoms with Gasteiger partial charge in [0, 0.05) is 17.1 Å². The van der Waals surface area contributed by atoms with E-state index < -0.39 is 5.91 Å². The number of likely N-dealkylation sites (tertiary alicyclic amines) is 1. The molecular formula is C18H24N4OS. The Kier molecular flexibility index (Phi) is 5.16. The van der Waals surface area contributed by atoms with Crippen LogP contribution in [0.15, 0.2) is 23.6 Å². The molecule has 5 nitrogen and oxygen atoms in total. The molecule has 0 radical (unpaired) electrons. The molecule has 0 aliphatic carbocycles. The van der Waals surface area contributed by atoms with E-state index in [2.05, 4.69) is 32.7 Å². The van der Waals surface area contributed by atoms with Crippen molar-refractivity contribution in [2.24, 2.45) is 5.73 Å². The van der Waals surface area contributed by atoms with Crippen LogP contribution in [0.4, 0.5) is 5.82 Å². The van der Waals surface area contributed by atoms with Gasteiger partial charge in [0.25, 0.3) is 5.91 Å². The summed E-state index contributed by atoms with van der Waals surface area (Å²) < 4.78 is 0. The number of pyridine rings is 1. The summed E-state index contributed by atoms with van der Waals surface area (Å²) in [5.41, 5.74) is 7.80. The van der Waals surface area contributed by atoms with Crippen molar-refractivity contribution in [3.63, 3.8) is 0 Å². The Morgan fingerprint density at radius 3 is 2.79 bits per heavy atom. The molecule has 1 atom stereocenters. The fourth-order valence-corrected chi connectivity index (χ4v) is 4.27. The lowest BCUT2D eigenvalue weighted by molar-refractivity contribution is 0.1000. The number of amides is 1. The second-order valence-electron chi connectivity index (χ2n) is 6.32. The summed E-state index contributed by atoms with van der Waals surface area (Å²) in [6.45, 7) is 6.79. The van der Waals surface area contributed by atoms with Crippen LogP contribution in [0.2, 0.25) is 0 Å². The molecule has 0 saturated carbocycles. The largest absolute Gasteiger partial charge is 0.367 e. The van der Waals surface area contributed by atoms with Gasteiger partial charge in [-0.15, -0.1) is 11.3 Å². The maximum atomic E-state index is 11.8. The van der Waals surface area contributed by atoms with Crippen molar-refractivity contribution in [1.29, 1.82) is 0 Å². The number of aryl methyl sites for hydroxylation is 2. The highest BCUT2D eigenvalue weighted by molar-refractivity contribution is 7.10. The van der Waals surface area contributed by atoms with Crippen LogP contribution in [-0.4, -0.2) is 35.4 Å². The van der Waals surface area contributed by atoms with Crippen LogP contribution in [0.1, 0.15) is 45.4 Å². The molecule has 1 amide bonds. The van der Waals surface area contributed by atoms with Gasteiger partial charge in [0.15, 0.2) is 0 Å². The fourth-order valence-electron chi connectivity index (χ4n) is 3.41. The number of nitrogens with zero attached hydrogens (tertiary/aromatic N) is 2. The molecule has 1 aliphatic rings. The Balaban J connectivity index is 1.83. The van der Waals surface area contributed by atoms with Crippen LogP contribution in [-0.2, 0) is 0 Å². The topological polar surface area (TPSA) is 71.2 Å². The third kappa shape index (κ3) is 3.60. The van der Waals surface area contributed by atoms with E-state index >= 15 is 0 Å². The number of carbonyl (C=O) groups excluding carboxylic acids is 1. The maximum Gasteiger partial charge on any atom is 0.252 e. The van der Waals surface area contributed by atoms with Gasteiger partial charge in [-0.2, -0.15) is 0 Å². The Bertz CT molecular complexity index is 708. The van der Waals surface area contributed by atoms with Crippen molar-refractivity contribution in [3.8, 4) is 0 Å². The first-order valence-corrected chi connectivity index (χ1v) is 9.23. The first-order chi connectivity index (χ1) is 11.6. The number of rotatable bonds is 6. The van der Waals surface area contributed by atoms with E-state index in [-0.39, 0.29) is 0 Å². The molecule has 0 spiro atoms. The zero-order chi connectivity index (χ0) is 17.1. The quantitative estimate of drug-likeness (QED) is 0.845. The van der Waals surface area contributed by atoms with E-state index in [4.69, 9.17) is 5.73 Å². The highest BCUT2D eigenvalue weighted by Gasteiger charge is 2.25. The Morgan fingerprint density at radius 1 is 1.42 bits per heavy atom. The average Bonchev–Trinajstić information content (AvgIpc) is 3.19. The summed E-state index contributed by atoms with van der Waals surface area (Å²) in [6.07, 6.45) is 2.49. The molecule has 3 rings (SSSR count). The standard InChI is InChI=1S/C18H24N4OS/c1-12-10-13(2)21-18(16(12)17(19)23)20-11-14(15-6-5-9-24-15)22-7-3-4-8-22/h5-6,9-10,14H,3-4,7-8,11H2,1-2H3,(H2,19,23)(H,20,21). The van der Waals surface area contributed by atoms with Gasteiger partial charge in [0.1, 0.15) is 5.82 Å². The highest BCUT2D eigenvalue weighted by Crippen LogP contribution is 2.29. The predicted molar refractivity (Wildman–Crippen MR) is 98.6 cm³/mol. The monoisotopic (exact) mass is 344 g/mol. The van der Waals surface area contributed by atoms with E-state index in [1.807, 2.05) is 19.9 Å². The van der Waals surface area contributed by atoms with Crippen LogP contribution < -0.4 is 11.1 Å². The molecule has 1 aliphatic heterocycles. The fraction of sp³-hybridized carbons (Fsp3) is 0.444. The number of nitrogens with two attached hydrogens (primary N) is 1. The predicted octanol–water partition coefficient (Wildman–Crippen LogP) is 3.11. The SMILES string of the molecule is Cc1cc(C)c(C(N)=O)c(NCC(c2cccs2)N2CCCC2)n1. The van der Waals surface area contributed by atoms with Gasteiger partial charge in [-0.3, -0.25) is 9.69 Å². The first kappa shape index (κ1) is 16.9. The molecule has 2 aromatic rings. The van der Waals surface area contributed by atoms with Gasteiger partial charge in [-0.25, -0.2) is 4.98 Å². The van der Waals surface area contributed by atoms with Crippen LogP contribution >= 0.6 is 11.3 Å². The van der Waals surface area contributed by atoms with E-state index in [0.717, 1.165) is 30.9 Å². The van der Waals surface area contributed by atoms with Crippen molar-refractivity contribution in [1.82, 2.24) is 9.88 Å². The Labute approximate surface area is 146 Å². The van der Waals surface area contributed by atoms with Crippen molar-refractivity contribution < 1.29 is 4.79 Å². The van der Waals surface area contributed by atoms with E-state index in [9.17, 15) is 4.79 Å². The summed E-state index contributed by atoms with van der Waals surface area (Å²) in [6, 6.07) is 6.46. The lowest BCUT2D eigenvalue weighted by atomic mass is 10.1. The molecule has 2 aromatic heterocycles. The van der Waals surface area contributed by atoms with Crippen molar-refractivity contribution in [2.75, 3.05) is 25.0 Å². The molecule has 128 valence electrons. The second kappa shape index (κ2) is 7.32. The Morgan fingerprint density at radius 2 is 2.17 bits per heavy atom. The lowest BCUT2D eigenvalue weighted by Gasteiger charge is -2.27. The van der Waals surface area contributed by atoms with E-state index in [0.29, 0.717) is 17.4 Å². The smallest absolute Gasteiger partial charge is 0.252 e. The maximum absolute atomic E-state index is 11.8. The van der Waals surface area contributed by atoms with Gasteiger partial charge < -0.3 is 11.1 Å². The number of aromatic nitrogens is 1. The van der Waals surface area contributed by atoms with Crippen LogP contribution in [0.5, 0.6) is 0 Å². The molecule has 0 aromatic carbocycles.